The summed E-state index contributed by atoms with van der Waals surface area (Å²) in [5, 5.41) is 5.65. The zero-order valence-corrected chi connectivity index (χ0v) is 22.1. The molecule has 1 amide bonds. The number of nitrogens with one attached hydrogen (secondary N) is 1. The average Bonchev–Trinajstić information content (AvgIpc) is 3.40. The number of likely N-dealkylation sites (tertiary alicyclic amines) is 1. The Balaban J connectivity index is 1.21. The van der Waals surface area contributed by atoms with Crippen LogP contribution in [0.4, 0.5) is 18.9 Å². The van der Waals surface area contributed by atoms with E-state index in [4.69, 9.17) is 0 Å². The van der Waals surface area contributed by atoms with Crippen LogP contribution >= 0.6 is 11.3 Å². The largest absolute Gasteiger partial charge is 0.573 e. The van der Waals surface area contributed by atoms with E-state index in [1.54, 1.807) is 29.6 Å². The molecule has 0 bridgehead atoms. The molecule has 0 aliphatic carbocycles. The van der Waals surface area contributed by atoms with Gasteiger partial charge in [-0.1, -0.05) is 36.4 Å². The van der Waals surface area contributed by atoms with Crippen LogP contribution in [0.15, 0.2) is 72.1 Å². The maximum absolute atomic E-state index is 13.1. The Labute approximate surface area is 228 Å². The fourth-order valence-corrected chi connectivity index (χ4v) is 5.67. The molecule has 6 nitrogen and oxygen atoms in total. The molecular weight excluding hydrogens is 525 g/mol. The van der Waals surface area contributed by atoms with E-state index in [2.05, 4.69) is 31.0 Å². The molecule has 0 spiro atoms. The summed E-state index contributed by atoms with van der Waals surface area (Å²) < 4.78 is 41.4. The summed E-state index contributed by atoms with van der Waals surface area (Å²) in [4.78, 5) is 24.7. The van der Waals surface area contributed by atoms with E-state index in [1.165, 1.54) is 35.6 Å². The zero-order valence-electron chi connectivity index (χ0n) is 21.2. The molecule has 4 aromatic rings. The fourth-order valence-electron chi connectivity index (χ4n) is 4.70. The van der Waals surface area contributed by atoms with Gasteiger partial charge in [0.05, 0.1) is 10.7 Å². The normalized spacial score (nSPS) is 14.8. The molecule has 3 heterocycles. The van der Waals surface area contributed by atoms with Crippen LogP contribution in [0.25, 0.3) is 11.1 Å². The quantitative estimate of drug-likeness (QED) is 0.266. The van der Waals surface area contributed by atoms with Crippen molar-refractivity contribution in [2.75, 3.05) is 18.4 Å². The van der Waals surface area contributed by atoms with Gasteiger partial charge < -0.3 is 10.1 Å². The standard InChI is InChI=1S/C29H27F3N4O2S/c1-19-5-4-6-22(33-19)17-36-15-13-21(14-16-36)28-35-26(18-39-28)27(37)34-25-8-3-2-7-24(25)20-9-11-23(12-10-20)38-29(30,31)32/h2-12,18,21H,13-17H2,1H3,(H,34,37). The van der Waals surface area contributed by atoms with E-state index in [0.717, 1.165) is 48.9 Å². The number of para-hydroxylation sites is 1. The molecule has 1 saturated heterocycles. The predicted octanol–water partition coefficient (Wildman–Crippen LogP) is 7.04. The first kappa shape index (κ1) is 26.8. The molecule has 2 aromatic carbocycles. The minimum atomic E-state index is -4.75. The van der Waals surface area contributed by atoms with Crippen LogP contribution in [0.2, 0.25) is 0 Å². The van der Waals surface area contributed by atoms with Gasteiger partial charge in [-0.3, -0.25) is 14.7 Å². The second kappa shape index (κ2) is 11.5. The number of nitrogens with zero attached hydrogens (tertiary/aromatic N) is 3. The number of aromatic nitrogens is 2. The highest BCUT2D eigenvalue weighted by Crippen LogP contribution is 2.33. The number of carbonyl (C=O) groups is 1. The summed E-state index contributed by atoms with van der Waals surface area (Å²) >= 11 is 1.50. The number of alkyl halides is 3. The second-order valence-corrected chi connectivity index (χ2v) is 10.4. The molecule has 1 fully saturated rings. The summed E-state index contributed by atoms with van der Waals surface area (Å²) in [6, 6.07) is 18.8. The number of halogens is 3. The van der Waals surface area contributed by atoms with Crippen molar-refractivity contribution in [3.05, 3.63) is 94.2 Å². The predicted molar refractivity (Wildman–Crippen MR) is 145 cm³/mol. The number of thiazole rings is 1. The lowest BCUT2D eigenvalue weighted by Crippen LogP contribution is -2.32. The number of pyridine rings is 1. The molecule has 39 heavy (non-hydrogen) atoms. The number of aryl methyl sites for hydroxylation is 1. The number of ether oxygens (including phenoxy) is 1. The number of hydrogen-bond acceptors (Lipinski definition) is 6. The highest BCUT2D eigenvalue weighted by Gasteiger charge is 2.31. The molecule has 202 valence electrons. The minimum Gasteiger partial charge on any atom is -0.406 e. The topological polar surface area (TPSA) is 67.4 Å². The maximum atomic E-state index is 13.1. The summed E-state index contributed by atoms with van der Waals surface area (Å²) in [5.74, 6) is -0.326. The van der Waals surface area contributed by atoms with Crippen molar-refractivity contribution < 1.29 is 22.7 Å². The highest BCUT2D eigenvalue weighted by molar-refractivity contribution is 7.10. The zero-order chi connectivity index (χ0) is 27.4. The molecule has 2 aromatic heterocycles. The number of anilines is 1. The van der Waals surface area contributed by atoms with Crippen LogP contribution in [-0.4, -0.2) is 40.2 Å². The molecule has 5 rings (SSSR count). The van der Waals surface area contributed by atoms with E-state index in [9.17, 15) is 18.0 Å². The first-order valence-electron chi connectivity index (χ1n) is 12.6. The van der Waals surface area contributed by atoms with Crippen molar-refractivity contribution in [3.8, 4) is 16.9 Å². The molecule has 1 N–H and O–H groups in total. The Morgan fingerprint density at radius 2 is 1.77 bits per heavy atom. The number of hydrogen-bond donors (Lipinski definition) is 1. The van der Waals surface area contributed by atoms with Crippen LogP contribution in [0.5, 0.6) is 5.75 Å². The van der Waals surface area contributed by atoms with Crippen LogP contribution in [-0.2, 0) is 6.54 Å². The minimum absolute atomic E-state index is 0.305. The summed E-state index contributed by atoms with van der Waals surface area (Å²) in [7, 11) is 0. The van der Waals surface area contributed by atoms with E-state index in [1.807, 2.05) is 19.1 Å². The van der Waals surface area contributed by atoms with E-state index >= 15 is 0 Å². The Kier molecular flexibility index (Phi) is 7.94. The van der Waals surface area contributed by atoms with Gasteiger partial charge in [0.25, 0.3) is 5.91 Å². The summed E-state index contributed by atoms with van der Waals surface area (Å²) in [6.07, 6.45) is -2.82. The summed E-state index contributed by atoms with van der Waals surface area (Å²) in [6.45, 7) is 4.72. The van der Waals surface area contributed by atoms with Gasteiger partial charge in [0.2, 0.25) is 0 Å². The molecule has 0 unspecified atom stereocenters. The van der Waals surface area contributed by atoms with Gasteiger partial charge >= 0.3 is 6.36 Å². The SMILES string of the molecule is Cc1cccc(CN2CCC(c3nc(C(=O)Nc4ccccc4-c4ccc(OC(F)(F)F)cc4)cs3)CC2)n1. The molecule has 1 aliphatic rings. The van der Waals surface area contributed by atoms with Crippen LogP contribution in [0.3, 0.4) is 0 Å². The van der Waals surface area contributed by atoms with Gasteiger partial charge in [0, 0.05) is 34.8 Å². The fraction of sp³-hybridized carbons (Fsp3) is 0.276. The number of benzene rings is 2. The summed E-state index contributed by atoms with van der Waals surface area (Å²) in [5.41, 5.74) is 4.31. The van der Waals surface area contributed by atoms with Gasteiger partial charge in [-0.15, -0.1) is 24.5 Å². The monoisotopic (exact) mass is 552 g/mol. The third-order valence-electron chi connectivity index (χ3n) is 6.60. The van der Waals surface area contributed by atoms with Crippen molar-refractivity contribution in [2.24, 2.45) is 0 Å². The van der Waals surface area contributed by atoms with E-state index in [-0.39, 0.29) is 11.7 Å². The lowest BCUT2D eigenvalue weighted by Gasteiger charge is -2.30. The van der Waals surface area contributed by atoms with E-state index < -0.39 is 6.36 Å². The Hall–Kier alpha value is -3.76. The number of piperidine rings is 1. The van der Waals surface area contributed by atoms with Gasteiger partial charge in [0.1, 0.15) is 11.4 Å². The number of carbonyl (C=O) groups excluding carboxylic acids is 1. The van der Waals surface area contributed by atoms with Gasteiger partial charge in [0.15, 0.2) is 0 Å². The lowest BCUT2D eigenvalue weighted by molar-refractivity contribution is -0.274. The highest BCUT2D eigenvalue weighted by atomic mass is 32.1. The molecule has 0 atom stereocenters. The first-order chi connectivity index (χ1) is 18.7. The Bertz CT molecular complexity index is 1430. The lowest BCUT2D eigenvalue weighted by atomic mass is 9.97. The van der Waals surface area contributed by atoms with Gasteiger partial charge in [-0.25, -0.2) is 4.98 Å². The number of amides is 1. The number of rotatable bonds is 7. The second-order valence-electron chi connectivity index (χ2n) is 9.46. The molecule has 1 aliphatic heterocycles. The first-order valence-corrected chi connectivity index (χ1v) is 13.5. The van der Waals surface area contributed by atoms with Crippen molar-refractivity contribution in [3.63, 3.8) is 0 Å². The van der Waals surface area contributed by atoms with Crippen LogP contribution < -0.4 is 10.1 Å². The van der Waals surface area contributed by atoms with Crippen molar-refractivity contribution in [1.82, 2.24) is 14.9 Å². The van der Waals surface area contributed by atoms with Crippen molar-refractivity contribution >= 4 is 22.9 Å². The average molecular weight is 553 g/mol. The van der Waals surface area contributed by atoms with Gasteiger partial charge in [-0.05, 0) is 68.8 Å². The third kappa shape index (κ3) is 7.01. The smallest absolute Gasteiger partial charge is 0.406 e. The molecule has 0 saturated carbocycles. The molecule has 10 heteroatoms. The van der Waals surface area contributed by atoms with Gasteiger partial charge in [-0.2, -0.15) is 0 Å². The Morgan fingerprint density at radius 3 is 2.49 bits per heavy atom. The van der Waals surface area contributed by atoms with E-state index in [0.29, 0.717) is 28.4 Å². The Morgan fingerprint density at radius 1 is 1.03 bits per heavy atom. The maximum Gasteiger partial charge on any atom is 0.573 e. The molecular formula is C29H27F3N4O2S. The van der Waals surface area contributed by atoms with Crippen molar-refractivity contribution in [1.29, 1.82) is 0 Å². The molecule has 0 radical (unpaired) electrons. The van der Waals surface area contributed by atoms with Crippen molar-refractivity contribution in [2.45, 2.75) is 38.6 Å². The van der Waals surface area contributed by atoms with Crippen LogP contribution in [0, 0.1) is 6.92 Å². The third-order valence-corrected chi connectivity index (χ3v) is 7.60. The van der Waals surface area contributed by atoms with Crippen LogP contribution in [0.1, 0.15) is 45.6 Å².